The minimum absolute atomic E-state index is 0.0687. The van der Waals surface area contributed by atoms with Gasteiger partial charge in [0.25, 0.3) is 5.69 Å². The Bertz CT molecular complexity index is 1030. The highest BCUT2D eigenvalue weighted by atomic mass is 32.2. The lowest BCUT2D eigenvalue weighted by Gasteiger charge is -2.38. The van der Waals surface area contributed by atoms with Crippen LogP contribution in [0.25, 0.3) is 0 Å². The van der Waals surface area contributed by atoms with Crippen LogP contribution in [0.15, 0.2) is 29.2 Å². The molecule has 0 saturated carbocycles. The van der Waals surface area contributed by atoms with Crippen LogP contribution in [0.3, 0.4) is 0 Å². The molecule has 1 atom stereocenters. The molecule has 2 aliphatic heterocycles. The van der Waals surface area contributed by atoms with E-state index in [9.17, 15) is 31.7 Å². The average molecular weight is 461 g/mol. The van der Waals surface area contributed by atoms with Crippen LogP contribution in [0, 0.1) is 16.0 Å². The minimum atomic E-state index is -3.92. The predicted molar refractivity (Wildman–Crippen MR) is 108 cm³/mol. The van der Waals surface area contributed by atoms with Crippen LogP contribution in [-0.2, 0) is 24.8 Å². The van der Waals surface area contributed by atoms with Crippen LogP contribution < -0.4 is 0 Å². The molecule has 0 aliphatic carbocycles. The number of nitrogens with zero attached hydrogens (tertiary/aromatic N) is 4. The Morgan fingerprint density at radius 3 is 2.33 bits per heavy atom. The number of nitro groups is 1. The largest absolute Gasteiger partial charge is 0.340 e. The standard InChI is InChI=1S/C17H24N4O7S2/c1-29(25,26)20-7-3-4-14(13-20)17(22)18-8-10-19(11-9-18)30(27,28)16-6-2-5-15(12-16)21(23)24/h2,5-6,12,14H,3-4,7-11,13H2,1H3. The number of nitro benzene ring substituents is 1. The number of non-ortho nitro benzene ring substituents is 1. The number of hydrogen-bond acceptors (Lipinski definition) is 7. The molecule has 2 aliphatic rings. The van der Waals surface area contributed by atoms with Crippen LogP contribution in [-0.4, -0.2) is 86.7 Å². The van der Waals surface area contributed by atoms with Gasteiger partial charge in [0.15, 0.2) is 0 Å². The molecule has 0 aromatic heterocycles. The topological polar surface area (TPSA) is 138 Å². The summed E-state index contributed by atoms with van der Waals surface area (Å²) in [6, 6.07) is 4.87. The van der Waals surface area contributed by atoms with Crippen molar-refractivity contribution in [2.24, 2.45) is 5.92 Å². The van der Waals surface area contributed by atoms with Crippen molar-refractivity contribution in [1.29, 1.82) is 0 Å². The van der Waals surface area contributed by atoms with Crippen molar-refractivity contribution >= 4 is 31.6 Å². The Balaban J connectivity index is 1.65. The fourth-order valence-electron chi connectivity index (χ4n) is 3.76. The van der Waals surface area contributed by atoms with Crippen molar-refractivity contribution < 1.29 is 26.6 Å². The number of piperidine rings is 1. The maximum Gasteiger partial charge on any atom is 0.270 e. The summed E-state index contributed by atoms with van der Waals surface area (Å²) in [6.45, 7) is 1.05. The molecule has 11 nitrogen and oxygen atoms in total. The van der Waals surface area contributed by atoms with Gasteiger partial charge in [0.05, 0.1) is 22.0 Å². The van der Waals surface area contributed by atoms with E-state index in [0.717, 1.165) is 12.3 Å². The Kier molecular flexibility index (Phi) is 6.45. The van der Waals surface area contributed by atoms with Gasteiger partial charge >= 0.3 is 0 Å². The first-order chi connectivity index (χ1) is 14.0. The van der Waals surface area contributed by atoms with Crippen LogP contribution in [0.5, 0.6) is 0 Å². The summed E-state index contributed by atoms with van der Waals surface area (Å²) in [5.41, 5.74) is -0.308. The Labute approximate surface area is 175 Å². The molecular weight excluding hydrogens is 436 g/mol. The maximum atomic E-state index is 12.8. The number of amides is 1. The van der Waals surface area contributed by atoms with E-state index < -0.39 is 30.9 Å². The normalized spacial score (nSPS) is 22.0. The second-order valence-electron chi connectivity index (χ2n) is 7.44. The van der Waals surface area contributed by atoms with Crippen molar-refractivity contribution in [2.75, 3.05) is 45.5 Å². The molecule has 30 heavy (non-hydrogen) atoms. The lowest BCUT2D eigenvalue weighted by molar-refractivity contribution is -0.385. The molecule has 166 valence electrons. The van der Waals surface area contributed by atoms with E-state index in [1.807, 2.05) is 0 Å². The number of sulfonamides is 2. The van der Waals surface area contributed by atoms with Crippen LogP contribution in [0.2, 0.25) is 0 Å². The monoisotopic (exact) mass is 460 g/mol. The van der Waals surface area contributed by atoms with Gasteiger partial charge in [-0.05, 0) is 18.9 Å². The summed E-state index contributed by atoms with van der Waals surface area (Å²) < 4.78 is 51.7. The number of benzene rings is 1. The minimum Gasteiger partial charge on any atom is -0.340 e. The fourth-order valence-corrected chi connectivity index (χ4v) is 6.13. The van der Waals surface area contributed by atoms with E-state index in [4.69, 9.17) is 0 Å². The van der Waals surface area contributed by atoms with Gasteiger partial charge in [-0.1, -0.05) is 6.07 Å². The van der Waals surface area contributed by atoms with Crippen LogP contribution in [0.4, 0.5) is 5.69 Å². The Hall–Kier alpha value is -2.09. The van der Waals surface area contributed by atoms with Gasteiger partial charge in [0.2, 0.25) is 26.0 Å². The smallest absolute Gasteiger partial charge is 0.270 e. The molecule has 0 radical (unpaired) electrons. The maximum absolute atomic E-state index is 12.8. The molecule has 0 N–H and O–H groups in total. The van der Waals surface area contributed by atoms with Crippen molar-refractivity contribution in [2.45, 2.75) is 17.7 Å². The first-order valence-electron chi connectivity index (χ1n) is 9.48. The van der Waals surface area contributed by atoms with Gasteiger partial charge in [0.1, 0.15) is 0 Å². The molecule has 0 bridgehead atoms. The fraction of sp³-hybridized carbons (Fsp3) is 0.588. The lowest BCUT2D eigenvalue weighted by atomic mass is 9.98. The van der Waals surface area contributed by atoms with Crippen LogP contribution >= 0.6 is 0 Å². The van der Waals surface area contributed by atoms with Gasteiger partial charge < -0.3 is 4.90 Å². The summed E-state index contributed by atoms with van der Waals surface area (Å²) in [5.74, 6) is -0.607. The molecule has 1 aromatic carbocycles. The third kappa shape index (κ3) is 4.79. The molecule has 2 fully saturated rings. The second-order valence-corrected chi connectivity index (χ2v) is 11.4. The third-order valence-electron chi connectivity index (χ3n) is 5.42. The highest BCUT2D eigenvalue weighted by molar-refractivity contribution is 7.89. The van der Waals surface area contributed by atoms with Crippen molar-refractivity contribution in [3.63, 3.8) is 0 Å². The van der Waals surface area contributed by atoms with Crippen molar-refractivity contribution in [3.8, 4) is 0 Å². The SMILES string of the molecule is CS(=O)(=O)N1CCCC(C(=O)N2CCN(S(=O)(=O)c3cccc([N+](=O)[O-])c3)CC2)C1. The predicted octanol–water partition coefficient (Wildman–Crippen LogP) is 0.0993. The molecule has 1 amide bonds. The van der Waals surface area contributed by atoms with Gasteiger partial charge in [-0.25, -0.2) is 21.1 Å². The summed E-state index contributed by atoms with van der Waals surface area (Å²) >= 11 is 0. The van der Waals surface area contributed by atoms with E-state index >= 15 is 0 Å². The highest BCUT2D eigenvalue weighted by Crippen LogP contribution is 2.24. The first kappa shape index (κ1) is 22.6. The molecule has 13 heteroatoms. The number of hydrogen-bond donors (Lipinski definition) is 0. The molecular formula is C17H24N4O7S2. The highest BCUT2D eigenvalue weighted by Gasteiger charge is 2.36. The first-order valence-corrected chi connectivity index (χ1v) is 12.8. The lowest BCUT2D eigenvalue weighted by Crippen LogP contribution is -2.53. The summed E-state index contributed by atoms with van der Waals surface area (Å²) in [4.78, 5) is 24.5. The van der Waals surface area contributed by atoms with Gasteiger partial charge in [-0.15, -0.1) is 0 Å². The van der Waals surface area contributed by atoms with E-state index in [-0.39, 0.29) is 49.2 Å². The summed E-state index contributed by atoms with van der Waals surface area (Å²) in [5, 5.41) is 10.9. The van der Waals surface area contributed by atoms with Crippen LogP contribution in [0.1, 0.15) is 12.8 Å². The zero-order valence-corrected chi connectivity index (χ0v) is 18.1. The Morgan fingerprint density at radius 1 is 1.07 bits per heavy atom. The summed E-state index contributed by atoms with van der Waals surface area (Å²) in [6.07, 6.45) is 2.32. The number of rotatable bonds is 5. The molecule has 2 saturated heterocycles. The number of carbonyl (C=O) groups is 1. The zero-order valence-electron chi connectivity index (χ0n) is 16.5. The molecule has 2 heterocycles. The number of piperazine rings is 1. The molecule has 3 rings (SSSR count). The van der Waals surface area contributed by atoms with E-state index in [2.05, 4.69) is 0 Å². The van der Waals surface area contributed by atoms with Crippen molar-refractivity contribution in [3.05, 3.63) is 34.4 Å². The van der Waals surface area contributed by atoms with Gasteiger partial charge in [-0.2, -0.15) is 4.31 Å². The van der Waals surface area contributed by atoms with E-state index in [1.165, 1.54) is 26.8 Å². The summed E-state index contributed by atoms with van der Waals surface area (Å²) in [7, 11) is -7.28. The third-order valence-corrected chi connectivity index (χ3v) is 8.58. The quantitative estimate of drug-likeness (QED) is 0.449. The number of carbonyl (C=O) groups excluding carboxylic acids is 1. The Morgan fingerprint density at radius 2 is 1.73 bits per heavy atom. The van der Waals surface area contributed by atoms with Crippen molar-refractivity contribution in [1.82, 2.24) is 13.5 Å². The molecule has 0 spiro atoms. The van der Waals surface area contributed by atoms with E-state index in [0.29, 0.717) is 19.4 Å². The average Bonchev–Trinajstić information content (AvgIpc) is 2.73. The molecule has 1 aromatic rings. The van der Waals surface area contributed by atoms with Gasteiger partial charge in [-0.3, -0.25) is 14.9 Å². The van der Waals surface area contributed by atoms with Gasteiger partial charge in [0, 0.05) is 51.4 Å². The zero-order chi connectivity index (χ0) is 22.1. The molecule has 1 unspecified atom stereocenters. The second kappa shape index (κ2) is 8.57. The van der Waals surface area contributed by atoms with E-state index in [1.54, 1.807) is 4.90 Å².